The molecule has 0 radical (unpaired) electrons. The summed E-state index contributed by atoms with van der Waals surface area (Å²) in [5, 5.41) is 13.7. The van der Waals surface area contributed by atoms with Crippen LogP contribution in [0.15, 0.2) is 36.4 Å². The average Bonchev–Trinajstić information content (AvgIpc) is 2.96. The Kier molecular flexibility index (Phi) is 6.55. The van der Waals surface area contributed by atoms with E-state index in [9.17, 15) is 4.79 Å². The zero-order chi connectivity index (χ0) is 18.2. The third-order valence-electron chi connectivity index (χ3n) is 4.73. The normalized spacial score (nSPS) is 15.3. The summed E-state index contributed by atoms with van der Waals surface area (Å²) in [6.07, 6.45) is 5.38. The number of amides is 1. The fourth-order valence-corrected chi connectivity index (χ4v) is 3.18. The predicted octanol–water partition coefficient (Wildman–Crippen LogP) is 2.82. The van der Waals surface area contributed by atoms with E-state index in [0.717, 1.165) is 6.54 Å². The largest absolute Gasteiger partial charge is 0.365 e. The summed E-state index contributed by atoms with van der Waals surface area (Å²) in [6, 6.07) is 12.2. The number of benzene rings is 1. The maximum atomic E-state index is 11.5. The van der Waals surface area contributed by atoms with Crippen LogP contribution in [0.1, 0.15) is 47.3 Å². The molecule has 138 valence electrons. The van der Waals surface area contributed by atoms with Gasteiger partial charge in [-0.3, -0.25) is 9.69 Å². The van der Waals surface area contributed by atoms with Gasteiger partial charge in [-0.05, 0) is 49.2 Å². The second-order valence-electron chi connectivity index (χ2n) is 6.74. The van der Waals surface area contributed by atoms with Crippen molar-refractivity contribution in [2.45, 2.75) is 38.8 Å². The fourth-order valence-electron chi connectivity index (χ4n) is 3.18. The molecule has 0 bridgehead atoms. The van der Waals surface area contributed by atoms with Crippen LogP contribution in [0.2, 0.25) is 0 Å². The lowest BCUT2D eigenvalue weighted by Crippen LogP contribution is -2.23. The molecule has 2 N–H and O–H groups in total. The first-order valence-corrected chi connectivity index (χ1v) is 9.34. The van der Waals surface area contributed by atoms with Crippen LogP contribution in [0, 0.1) is 0 Å². The molecule has 0 unspecified atom stereocenters. The smallest absolute Gasteiger partial charge is 0.271 e. The van der Waals surface area contributed by atoms with Gasteiger partial charge in [-0.2, -0.15) is 0 Å². The van der Waals surface area contributed by atoms with E-state index < -0.39 is 0 Å². The first-order valence-electron chi connectivity index (χ1n) is 9.34. The summed E-state index contributed by atoms with van der Waals surface area (Å²) < 4.78 is 0. The molecular formula is C20H27N5O. The second kappa shape index (κ2) is 9.29. The van der Waals surface area contributed by atoms with Crippen LogP contribution in [0.5, 0.6) is 0 Å². The summed E-state index contributed by atoms with van der Waals surface area (Å²) in [6.45, 7) is 4.15. The number of hydrogen-bond acceptors (Lipinski definition) is 5. The molecule has 3 rings (SSSR count). The standard InChI is InChI=1S/C20H27N5O/c1-21-20(26)18-10-11-19(24-23-18)22-14-16-6-8-17(9-7-16)15-25-12-4-2-3-5-13-25/h6-11H,2-5,12-15H2,1H3,(H,21,26)(H,22,24). The van der Waals surface area contributed by atoms with E-state index in [1.165, 1.54) is 49.9 Å². The summed E-state index contributed by atoms with van der Waals surface area (Å²) >= 11 is 0. The van der Waals surface area contributed by atoms with Crippen molar-refractivity contribution >= 4 is 11.7 Å². The molecule has 6 nitrogen and oxygen atoms in total. The van der Waals surface area contributed by atoms with Gasteiger partial charge in [-0.25, -0.2) is 0 Å². The maximum absolute atomic E-state index is 11.5. The van der Waals surface area contributed by atoms with Gasteiger partial charge in [0.15, 0.2) is 5.69 Å². The zero-order valence-corrected chi connectivity index (χ0v) is 15.4. The van der Waals surface area contributed by atoms with Gasteiger partial charge >= 0.3 is 0 Å². The molecule has 1 aliphatic heterocycles. The predicted molar refractivity (Wildman–Crippen MR) is 103 cm³/mol. The number of anilines is 1. The fraction of sp³-hybridized carbons (Fsp3) is 0.450. The van der Waals surface area contributed by atoms with Crippen molar-refractivity contribution in [3.05, 3.63) is 53.2 Å². The molecule has 0 saturated carbocycles. The summed E-state index contributed by atoms with van der Waals surface area (Å²) in [5.74, 6) is 0.426. The average molecular weight is 353 g/mol. The highest BCUT2D eigenvalue weighted by molar-refractivity contribution is 5.91. The number of aromatic nitrogens is 2. The maximum Gasteiger partial charge on any atom is 0.271 e. The molecule has 0 atom stereocenters. The highest BCUT2D eigenvalue weighted by Crippen LogP contribution is 2.14. The van der Waals surface area contributed by atoms with Crippen molar-refractivity contribution in [2.75, 3.05) is 25.5 Å². The van der Waals surface area contributed by atoms with Gasteiger partial charge in [-0.1, -0.05) is 37.1 Å². The summed E-state index contributed by atoms with van der Waals surface area (Å²) in [7, 11) is 1.58. The third kappa shape index (κ3) is 5.26. The molecule has 1 fully saturated rings. The number of likely N-dealkylation sites (tertiary alicyclic amines) is 1. The molecule has 1 amide bonds. The minimum atomic E-state index is -0.232. The Morgan fingerprint density at radius 3 is 2.27 bits per heavy atom. The Morgan fingerprint density at radius 2 is 1.65 bits per heavy atom. The van der Waals surface area contributed by atoms with Crippen LogP contribution in [-0.2, 0) is 13.1 Å². The highest BCUT2D eigenvalue weighted by Gasteiger charge is 2.09. The monoisotopic (exact) mass is 353 g/mol. The molecule has 0 spiro atoms. The molecule has 1 aromatic heterocycles. The van der Waals surface area contributed by atoms with Crippen molar-refractivity contribution in [3.63, 3.8) is 0 Å². The van der Waals surface area contributed by atoms with Crippen LogP contribution in [0.4, 0.5) is 5.82 Å². The minimum absolute atomic E-state index is 0.232. The van der Waals surface area contributed by atoms with Gasteiger partial charge < -0.3 is 10.6 Å². The first kappa shape index (κ1) is 18.3. The molecule has 6 heteroatoms. The van der Waals surface area contributed by atoms with E-state index in [0.29, 0.717) is 18.1 Å². The highest BCUT2D eigenvalue weighted by atomic mass is 16.1. The van der Waals surface area contributed by atoms with Crippen molar-refractivity contribution in [1.29, 1.82) is 0 Å². The molecule has 1 saturated heterocycles. The Morgan fingerprint density at radius 1 is 0.962 bits per heavy atom. The number of rotatable bonds is 6. The Balaban J connectivity index is 1.50. The van der Waals surface area contributed by atoms with Crippen molar-refractivity contribution < 1.29 is 4.79 Å². The number of carbonyl (C=O) groups is 1. The first-order chi connectivity index (χ1) is 12.7. The number of carbonyl (C=O) groups excluding carboxylic acids is 1. The van der Waals surface area contributed by atoms with E-state index in [-0.39, 0.29) is 5.91 Å². The molecule has 2 aromatic rings. The number of hydrogen-bond donors (Lipinski definition) is 2. The van der Waals surface area contributed by atoms with Crippen LogP contribution >= 0.6 is 0 Å². The second-order valence-corrected chi connectivity index (χ2v) is 6.74. The summed E-state index contributed by atoms with van der Waals surface area (Å²) in [5.41, 5.74) is 2.88. The molecule has 1 aromatic carbocycles. The van der Waals surface area contributed by atoms with Gasteiger partial charge in [0.05, 0.1) is 0 Å². The van der Waals surface area contributed by atoms with Crippen LogP contribution in [-0.4, -0.2) is 41.1 Å². The van der Waals surface area contributed by atoms with Crippen molar-refractivity contribution in [3.8, 4) is 0 Å². The molecule has 1 aliphatic rings. The zero-order valence-electron chi connectivity index (χ0n) is 15.4. The van der Waals surface area contributed by atoms with Gasteiger partial charge in [0.1, 0.15) is 5.82 Å². The van der Waals surface area contributed by atoms with E-state index in [1.54, 1.807) is 19.2 Å². The number of nitrogens with one attached hydrogen (secondary N) is 2. The minimum Gasteiger partial charge on any atom is -0.365 e. The Bertz CT molecular complexity index is 691. The van der Waals surface area contributed by atoms with Gasteiger partial charge in [0.25, 0.3) is 5.91 Å². The molecule has 2 heterocycles. The molecular weight excluding hydrogens is 326 g/mol. The van der Waals surface area contributed by atoms with E-state index >= 15 is 0 Å². The molecule has 0 aliphatic carbocycles. The SMILES string of the molecule is CNC(=O)c1ccc(NCc2ccc(CN3CCCCCC3)cc2)nn1. The third-order valence-corrected chi connectivity index (χ3v) is 4.73. The Labute approximate surface area is 155 Å². The lowest BCUT2D eigenvalue weighted by Gasteiger charge is -2.19. The van der Waals surface area contributed by atoms with Gasteiger partial charge in [0.2, 0.25) is 0 Å². The van der Waals surface area contributed by atoms with E-state index in [4.69, 9.17) is 0 Å². The van der Waals surface area contributed by atoms with Crippen LogP contribution in [0.3, 0.4) is 0 Å². The lowest BCUT2D eigenvalue weighted by molar-refractivity contribution is 0.0957. The van der Waals surface area contributed by atoms with Crippen molar-refractivity contribution in [2.24, 2.45) is 0 Å². The van der Waals surface area contributed by atoms with Gasteiger partial charge in [0, 0.05) is 20.1 Å². The van der Waals surface area contributed by atoms with E-state index in [1.807, 2.05) is 0 Å². The van der Waals surface area contributed by atoms with Crippen LogP contribution in [0.25, 0.3) is 0 Å². The lowest BCUT2D eigenvalue weighted by atomic mass is 10.1. The topological polar surface area (TPSA) is 70.2 Å². The molecule has 26 heavy (non-hydrogen) atoms. The Hall–Kier alpha value is -2.47. The van der Waals surface area contributed by atoms with Crippen molar-refractivity contribution in [1.82, 2.24) is 20.4 Å². The van der Waals surface area contributed by atoms with Crippen LogP contribution < -0.4 is 10.6 Å². The summed E-state index contributed by atoms with van der Waals surface area (Å²) in [4.78, 5) is 14.0. The number of nitrogens with zero attached hydrogens (tertiary/aromatic N) is 3. The van der Waals surface area contributed by atoms with Gasteiger partial charge in [-0.15, -0.1) is 10.2 Å². The van der Waals surface area contributed by atoms with E-state index in [2.05, 4.69) is 50.0 Å². The quantitative estimate of drug-likeness (QED) is 0.836.